The van der Waals surface area contributed by atoms with E-state index < -0.39 is 17.7 Å². The lowest BCUT2D eigenvalue weighted by Gasteiger charge is -2.33. The Bertz CT molecular complexity index is 558. The first-order valence-electron chi connectivity index (χ1n) is 6.48. The van der Waals surface area contributed by atoms with Crippen molar-refractivity contribution in [2.24, 2.45) is 0 Å². The number of rotatable bonds is 3. The van der Waals surface area contributed by atoms with Gasteiger partial charge >= 0.3 is 6.09 Å². The third-order valence-corrected chi connectivity index (χ3v) is 3.61. The first-order chi connectivity index (χ1) is 9.71. The van der Waals surface area contributed by atoms with Crippen LogP contribution in [-0.2, 0) is 10.3 Å². The summed E-state index contributed by atoms with van der Waals surface area (Å²) < 4.78 is 4.94. The molecule has 1 amide bonds. The summed E-state index contributed by atoms with van der Waals surface area (Å²) in [6, 6.07) is 18.1. The Morgan fingerprint density at radius 2 is 1.50 bits per heavy atom. The lowest BCUT2D eigenvalue weighted by Crippen LogP contribution is -2.48. The summed E-state index contributed by atoms with van der Waals surface area (Å²) in [7, 11) is 0. The van der Waals surface area contributed by atoms with Crippen LogP contribution in [0.5, 0.6) is 0 Å². The van der Waals surface area contributed by atoms with Crippen molar-refractivity contribution in [2.75, 3.05) is 6.61 Å². The average Bonchev–Trinajstić information content (AvgIpc) is 2.95. The van der Waals surface area contributed by atoms with E-state index in [1.165, 1.54) is 0 Å². The van der Waals surface area contributed by atoms with Gasteiger partial charge in [0.1, 0.15) is 18.2 Å². The summed E-state index contributed by atoms with van der Waals surface area (Å²) in [4.78, 5) is 11.3. The molecule has 2 aromatic rings. The van der Waals surface area contributed by atoms with Crippen molar-refractivity contribution in [3.05, 3.63) is 71.8 Å². The maximum absolute atomic E-state index is 11.3. The van der Waals surface area contributed by atoms with Gasteiger partial charge in [-0.25, -0.2) is 4.79 Å². The van der Waals surface area contributed by atoms with Crippen molar-refractivity contribution < 1.29 is 14.6 Å². The highest BCUT2D eigenvalue weighted by molar-refractivity contribution is 5.70. The van der Waals surface area contributed by atoms with E-state index >= 15 is 0 Å². The molecule has 4 heteroatoms. The topological polar surface area (TPSA) is 58.6 Å². The number of aliphatic hydroxyl groups is 1. The molecule has 0 bridgehead atoms. The number of benzene rings is 2. The molecule has 0 aliphatic carbocycles. The normalized spacial score (nSPS) is 18.4. The van der Waals surface area contributed by atoms with Gasteiger partial charge in [-0.1, -0.05) is 60.7 Å². The van der Waals surface area contributed by atoms with E-state index in [0.717, 1.165) is 11.1 Å². The van der Waals surface area contributed by atoms with E-state index in [1.54, 1.807) is 0 Å². The molecule has 0 radical (unpaired) electrons. The smallest absolute Gasteiger partial charge is 0.407 e. The summed E-state index contributed by atoms with van der Waals surface area (Å²) in [5, 5.41) is 14.0. The van der Waals surface area contributed by atoms with Crippen LogP contribution in [0.4, 0.5) is 4.79 Å². The largest absolute Gasteiger partial charge is 0.447 e. The molecule has 2 aromatic carbocycles. The molecule has 1 fully saturated rings. The SMILES string of the molecule is O=C1NC(C(O)(c2ccccc2)c2ccccc2)CO1. The lowest BCUT2D eigenvalue weighted by atomic mass is 9.80. The highest BCUT2D eigenvalue weighted by atomic mass is 16.6. The number of hydrogen-bond donors (Lipinski definition) is 2. The van der Waals surface area contributed by atoms with Gasteiger partial charge in [0, 0.05) is 0 Å². The van der Waals surface area contributed by atoms with Gasteiger partial charge in [0.05, 0.1) is 0 Å². The second kappa shape index (κ2) is 4.98. The number of alkyl carbamates (subject to hydrolysis) is 1. The second-order valence-electron chi connectivity index (χ2n) is 4.79. The molecule has 0 saturated carbocycles. The highest BCUT2D eigenvalue weighted by Crippen LogP contribution is 2.34. The van der Waals surface area contributed by atoms with Crippen LogP contribution in [-0.4, -0.2) is 23.8 Å². The first-order valence-corrected chi connectivity index (χ1v) is 6.48. The average molecular weight is 269 g/mol. The number of carbonyl (C=O) groups is 1. The zero-order chi connectivity index (χ0) is 14.0. The summed E-state index contributed by atoms with van der Waals surface area (Å²) in [5.41, 5.74) is 0.137. The summed E-state index contributed by atoms with van der Waals surface area (Å²) in [6.07, 6.45) is -0.500. The van der Waals surface area contributed by atoms with Crippen LogP contribution in [0.15, 0.2) is 60.7 Å². The number of cyclic esters (lactones) is 1. The maximum atomic E-state index is 11.3. The zero-order valence-corrected chi connectivity index (χ0v) is 10.8. The van der Waals surface area contributed by atoms with E-state index in [-0.39, 0.29) is 6.61 Å². The standard InChI is InChI=1S/C16H15NO3/c18-15-17-14(11-20-15)16(19,12-7-3-1-4-8-12)13-9-5-2-6-10-13/h1-10,14,19H,11H2,(H,17,18). The molecule has 20 heavy (non-hydrogen) atoms. The van der Waals surface area contributed by atoms with E-state index in [4.69, 9.17) is 4.74 Å². The molecule has 1 saturated heterocycles. The molecule has 0 aromatic heterocycles. The number of hydrogen-bond acceptors (Lipinski definition) is 3. The minimum atomic E-state index is -1.31. The van der Waals surface area contributed by atoms with Crippen molar-refractivity contribution >= 4 is 6.09 Å². The fourth-order valence-corrected chi connectivity index (χ4v) is 2.56. The molecule has 102 valence electrons. The van der Waals surface area contributed by atoms with Crippen molar-refractivity contribution in [1.29, 1.82) is 0 Å². The number of amides is 1. The Balaban J connectivity index is 2.10. The molecule has 2 N–H and O–H groups in total. The van der Waals surface area contributed by atoms with E-state index in [1.807, 2.05) is 60.7 Å². The van der Waals surface area contributed by atoms with Crippen LogP contribution in [0, 0.1) is 0 Å². The fraction of sp³-hybridized carbons (Fsp3) is 0.188. The van der Waals surface area contributed by atoms with Gasteiger partial charge in [-0.2, -0.15) is 0 Å². The van der Waals surface area contributed by atoms with Gasteiger partial charge < -0.3 is 15.2 Å². The Kier molecular flexibility index (Phi) is 3.16. The van der Waals surface area contributed by atoms with Crippen molar-refractivity contribution in [2.45, 2.75) is 11.6 Å². The van der Waals surface area contributed by atoms with Gasteiger partial charge in [0.2, 0.25) is 0 Å². The first kappa shape index (κ1) is 12.7. The Hall–Kier alpha value is -2.33. The van der Waals surface area contributed by atoms with Crippen LogP contribution in [0.1, 0.15) is 11.1 Å². The van der Waals surface area contributed by atoms with Crippen LogP contribution >= 0.6 is 0 Å². The van der Waals surface area contributed by atoms with Crippen LogP contribution in [0.2, 0.25) is 0 Å². The maximum Gasteiger partial charge on any atom is 0.407 e. The molecule has 3 rings (SSSR count). The van der Waals surface area contributed by atoms with Gasteiger partial charge in [-0.3, -0.25) is 0 Å². The second-order valence-corrected chi connectivity index (χ2v) is 4.79. The van der Waals surface area contributed by atoms with Crippen molar-refractivity contribution in [1.82, 2.24) is 5.32 Å². The van der Waals surface area contributed by atoms with Crippen molar-refractivity contribution in [3.63, 3.8) is 0 Å². The number of nitrogens with one attached hydrogen (secondary N) is 1. The molecular weight excluding hydrogens is 254 g/mol. The molecule has 1 heterocycles. The summed E-state index contributed by atoms with van der Waals surface area (Å²) >= 11 is 0. The van der Waals surface area contributed by atoms with Crippen LogP contribution in [0.25, 0.3) is 0 Å². The number of ether oxygens (including phenoxy) is 1. The lowest BCUT2D eigenvalue weighted by molar-refractivity contribution is 0.0397. The summed E-state index contributed by atoms with van der Waals surface area (Å²) in [5.74, 6) is 0. The molecule has 1 aliphatic rings. The van der Waals surface area contributed by atoms with Gasteiger partial charge in [0.25, 0.3) is 0 Å². The molecule has 4 nitrogen and oxygen atoms in total. The van der Waals surface area contributed by atoms with Gasteiger partial charge in [-0.15, -0.1) is 0 Å². The fourth-order valence-electron chi connectivity index (χ4n) is 2.56. The Labute approximate surface area is 117 Å². The summed E-state index contributed by atoms with van der Waals surface area (Å²) in [6.45, 7) is 0.138. The minimum Gasteiger partial charge on any atom is -0.447 e. The third-order valence-electron chi connectivity index (χ3n) is 3.61. The van der Waals surface area contributed by atoms with E-state index in [2.05, 4.69) is 5.32 Å². The molecule has 1 unspecified atom stereocenters. The third kappa shape index (κ3) is 2.04. The van der Waals surface area contributed by atoms with E-state index in [0.29, 0.717) is 0 Å². The zero-order valence-electron chi connectivity index (χ0n) is 10.8. The highest BCUT2D eigenvalue weighted by Gasteiger charge is 2.44. The van der Waals surface area contributed by atoms with E-state index in [9.17, 15) is 9.90 Å². The van der Waals surface area contributed by atoms with Gasteiger partial charge in [-0.05, 0) is 11.1 Å². The van der Waals surface area contributed by atoms with Crippen molar-refractivity contribution in [3.8, 4) is 0 Å². The molecule has 0 spiro atoms. The molecular formula is C16H15NO3. The quantitative estimate of drug-likeness (QED) is 0.896. The number of carbonyl (C=O) groups excluding carboxylic acids is 1. The monoisotopic (exact) mass is 269 g/mol. The predicted molar refractivity (Wildman–Crippen MR) is 74.2 cm³/mol. The molecule has 1 aliphatic heterocycles. The van der Waals surface area contributed by atoms with Crippen LogP contribution < -0.4 is 5.32 Å². The Morgan fingerprint density at radius 3 is 1.90 bits per heavy atom. The molecule has 1 atom stereocenters. The van der Waals surface area contributed by atoms with Gasteiger partial charge in [0.15, 0.2) is 0 Å². The van der Waals surface area contributed by atoms with Crippen LogP contribution in [0.3, 0.4) is 0 Å². The predicted octanol–water partition coefficient (Wildman–Crippen LogP) is 2.03. The Morgan fingerprint density at radius 1 is 1.00 bits per heavy atom. The minimum absolute atomic E-state index is 0.138.